The van der Waals surface area contributed by atoms with Crippen LogP contribution in [-0.2, 0) is 10.3 Å². The molecule has 2 unspecified atom stereocenters. The van der Waals surface area contributed by atoms with Gasteiger partial charge in [-0.1, -0.05) is 54.1 Å². The van der Waals surface area contributed by atoms with Crippen LogP contribution >= 0.6 is 23.1 Å². The van der Waals surface area contributed by atoms with Gasteiger partial charge in [0.25, 0.3) is 0 Å². The van der Waals surface area contributed by atoms with Crippen molar-refractivity contribution in [3.63, 3.8) is 0 Å². The number of rotatable bonds is 6. The van der Waals surface area contributed by atoms with Gasteiger partial charge in [-0.05, 0) is 66.1 Å². The summed E-state index contributed by atoms with van der Waals surface area (Å²) in [7, 11) is 0. The lowest BCUT2D eigenvalue weighted by atomic mass is 9.78. The number of carbonyl (C=O) groups is 1. The number of thioether (sulfide) groups is 1. The molecule has 2 atom stereocenters. The van der Waals surface area contributed by atoms with Gasteiger partial charge in [-0.3, -0.25) is 4.79 Å². The van der Waals surface area contributed by atoms with Crippen molar-refractivity contribution >= 4 is 29.0 Å². The number of piperidine rings is 1. The first-order valence-corrected chi connectivity index (χ1v) is 13.2. The Labute approximate surface area is 214 Å². The molecule has 3 heterocycles. The minimum Gasteiger partial charge on any atom is -0.439 e. The van der Waals surface area contributed by atoms with E-state index in [9.17, 15) is 4.79 Å². The number of hydrogen-bond acceptors (Lipinski definition) is 5. The van der Waals surface area contributed by atoms with Crippen molar-refractivity contribution in [3.05, 3.63) is 118 Å². The molecule has 4 nitrogen and oxygen atoms in total. The number of aromatic nitrogens is 1. The second-order valence-electron chi connectivity index (χ2n) is 8.78. The minimum atomic E-state index is -0.802. The maximum Gasteiger partial charge on any atom is 0.238 e. The largest absolute Gasteiger partial charge is 0.439 e. The second kappa shape index (κ2) is 9.72. The number of amides is 1. The maximum atomic E-state index is 13.6. The molecule has 1 N–H and O–H groups in total. The van der Waals surface area contributed by atoms with Gasteiger partial charge in [-0.25, -0.2) is 4.98 Å². The fourth-order valence-corrected chi connectivity index (χ4v) is 6.12. The zero-order valence-electron chi connectivity index (χ0n) is 19.7. The molecular formula is C29H26N2O2S2. The molecule has 1 aliphatic heterocycles. The van der Waals surface area contributed by atoms with E-state index in [0.29, 0.717) is 12.3 Å². The minimum absolute atomic E-state index is 0.0626. The number of aryl methyl sites for hydroxylation is 2. The highest BCUT2D eigenvalue weighted by Gasteiger charge is 2.46. The maximum absolute atomic E-state index is 13.6. The molecular weight excluding hydrogens is 472 g/mol. The smallest absolute Gasteiger partial charge is 0.238 e. The molecule has 2 aromatic carbocycles. The van der Waals surface area contributed by atoms with Crippen molar-refractivity contribution in [1.29, 1.82) is 0 Å². The van der Waals surface area contributed by atoms with E-state index < -0.39 is 5.54 Å². The van der Waals surface area contributed by atoms with E-state index in [1.54, 1.807) is 23.1 Å². The number of ether oxygens (including phenoxy) is 1. The van der Waals surface area contributed by atoms with Crippen molar-refractivity contribution in [2.75, 3.05) is 0 Å². The Bertz CT molecular complexity index is 1350. The highest BCUT2D eigenvalue weighted by molar-refractivity contribution is 8.00. The van der Waals surface area contributed by atoms with E-state index in [1.807, 2.05) is 73.0 Å². The van der Waals surface area contributed by atoms with Crippen LogP contribution in [0.3, 0.4) is 0 Å². The van der Waals surface area contributed by atoms with Gasteiger partial charge in [0.05, 0.1) is 5.69 Å². The van der Waals surface area contributed by atoms with E-state index in [2.05, 4.69) is 36.3 Å². The summed E-state index contributed by atoms with van der Waals surface area (Å²) in [5.41, 5.74) is 4.11. The lowest BCUT2D eigenvalue weighted by Crippen LogP contribution is -2.55. The van der Waals surface area contributed by atoms with Crippen LogP contribution in [-0.4, -0.2) is 16.1 Å². The Morgan fingerprint density at radius 2 is 1.86 bits per heavy atom. The monoisotopic (exact) mass is 498 g/mol. The molecule has 176 valence electrons. The van der Waals surface area contributed by atoms with Crippen LogP contribution in [0.25, 0.3) is 0 Å². The number of nitrogens with one attached hydrogen (secondary N) is 1. The average Bonchev–Trinajstić information content (AvgIpc) is 3.40. The van der Waals surface area contributed by atoms with E-state index >= 15 is 0 Å². The van der Waals surface area contributed by atoms with Crippen molar-refractivity contribution in [2.24, 2.45) is 0 Å². The van der Waals surface area contributed by atoms with Crippen molar-refractivity contribution < 1.29 is 9.53 Å². The third kappa shape index (κ3) is 4.77. The standard InChI is InChI=1S/C29H26N2O2S2/c1-19-11-13-23(14-12-19)33-26-10-6-9-25(30-26)29(22-15-16-34-18-22)17-21(3)27(28(32)31-29)35-24-8-5-4-7-20(24)2/h4-16,18,27H,3,17H2,1-2H3,(H,31,32). The first kappa shape index (κ1) is 23.4. The Balaban J connectivity index is 1.48. The molecule has 2 aromatic heterocycles. The van der Waals surface area contributed by atoms with Crippen LogP contribution in [0.1, 0.15) is 28.8 Å². The van der Waals surface area contributed by atoms with Crippen molar-refractivity contribution in [1.82, 2.24) is 10.3 Å². The molecule has 5 rings (SSSR count). The quantitative estimate of drug-likeness (QED) is 0.290. The molecule has 1 fully saturated rings. The van der Waals surface area contributed by atoms with E-state index in [4.69, 9.17) is 9.72 Å². The van der Waals surface area contributed by atoms with Crippen LogP contribution < -0.4 is 10.1 Å². The second-order valence-corrected chi connectivity index (χ2v) is 10.7. The summed E-state index contributed by atoms with van der Waals surface area (Å²) in [6.45, 7) is 8.46. The summed E-state index contributed by atoms with van der Waals surface area (Å²) in [5, 5.41) is 7.06. The van der Waals surface area contributed by atoms with Crippen LogP contribution in [0, 0.1) is 13.8 Å². The predicted molar refractivity (Wildman–Crippen MR) is 143 cm³/mol. The predicted octanol–water partition coefficient (Wildman–Crippen LogP) is 7.03. The number of carbonyl (C=O) groups excluding carboxylic acids is 1. The van der Waals surface area contributed by atoms with E-state index in [0.717, 1.165) is 38.6 Å². The van der Waals surface area contributed by atoms with Gasteiger partial charge >= 0.3 is 0 Å². The fraction of sp³-hybridized carbons (Fsp3) is 0.172. The summed E-state index contributed by atoms with van der Waals surface area (Å²) in [6.07, 6.45) is 0.556. The zero-order valence-corrected chi connectivity index (χ0v) is 21.3. The number of benzene rings is 2. The normalized spacial score (nSPS) is 19.9. The Kier molecular flexibility index (Phi) is 6.50. The van der Waals surface area contributed by atoms with Gasteiger partial charge in [-0.2, -0.15) is 11.3 Å². The topological polar surface area (TPSA) is 51.2 Å². The summed E-state index contributed by atoms with van der Waals surface area (Å²) >= 11 is 3.15. The zero-order chi connectivity index (χ0) is 24.4. The molecule has 0 radical (unpaired) electrons. The highest BCUT2D eigenvalue weighted by Crippen LogP contribution is 2.44. The SMILES string of the molecule is C=C1CC(c2ccsc2)(c2cccc(Oc3ccc(C)cc3)n2)NC(=O)C1Sc1ccccc1C. The number of thiophene rings is 1. The molecule has 6 heteroatoms. The van der Waals surface area contributed by atoms with Gasteiger partial charge < -0.3 is 10.1 Å². The van der Waals surface area contributed by atoms with E-state index in [1.165, 1.54) is 0 Å². The van der Waals surface area contributed by atoms with Gasteiger partial charge in [0.15, 0.2) is 0 Å². The molecule has 4 aromatic rings. The summed E-state index contributed by atoms with van der Waals surface area (Å²) in [5.74, 6) is 1.14. The summed E-state index contributed by atoms with van der Waals surface area (Å²) in [6, 6.07) is 23.7. The Hall–Kier alpha value is -3.35. The van der Waals surface area contributed by atoms with Crippen LogP contribution in [0.2, 0.25) is 0 Å². The fourth-order valence-electron chi connectivity index (χ4n) is 4.31. The molecule has 1 aliphatic rings. The molecule has 0 spiro atoms. The molecule has 0 bridgehead atoms. The average molecular weight is 499 g/mol. The van der Waals surface area contributed by atoms with Gasteiger partial charge in [-0.15, -0.1) is 11.8 Å². The van der Waals surface area contributed by atoms with Gasteiger partial charge in [0, 0.05) is 17.4 Å². The van der Waals surface area contributed by atoms with Crippen LogP contribution in [0.4, 0.5) is 0 Å². The highest BCUT2D eigenvalue weighted by atomic mass is 32.2. The molecule has 0 aliphatic carbocycles. The van der Waals surface area contributed by atoms with Gasteiger partial charge in [0.1, 0.15) is 16.5 Å². The van der Waals surface area contributed by atoms with Crippen LogP contribution in [0.5, 0.6) is 11.6 Å². The van der Waals surface area contributed by atoms with Gasteiger partial charge in [0.2, 0.25) is 11.8 Å². The Morgan fingerprint density at radius 3 is 2.57 bits per heavy atom. The summed E-state index contributed by atoms with van der Waals surface area (Å²) in [4.78, 5) is 19.5. The van der Waals surface area contributed by atoms with E-state index in [-0.39, 0.29) is 11.2 Å². The third-order valence-corrected chi connectivity index (χ3v) is 8.37. The molecule has 0 saturated carbocycles. The van der Waals surface area contributed by atoms with Crippen molar-refractivity contribution in [2.45, 2.75) is 36.0 Å². The third-order valence-electron chi connectivity index (χ3n) is 6.19. The Morgan fingerprint density at radius 1 is 1.06 bits per heavy atom. The first-order valence-electron chi connectivity index (χ1n) is 11.4. The molecule has 1 saturated heterocycles. The number of pyridine rings is 1. The lowest BCUT2D eigenvalue weighted by Gasteiger charge is -2.41. The first-order chi connectivity index (χ1) is 16.9. The number of hydrogen-bond donors (Lipinski definition) is 1. The summed E-state index contributed by atoms with van der Waals surface area (Å²) < 4.78 is 6.05. The number of nitrogens with zero attached hydrogens (tertiary/aromatic N) is 1. The molecule has 35 heavy (non-hydrogen) atoms. The lowest BCUT2D eigenvalue weighted by molar-refractivity contribution is -0.122. The molecule has 1 amide bonds. The van der Waals surface area contributed by atoms with Crippen molar-refractivity contribution in [3.8, 4) is 11.6 Å². The van der Waals surface area contributed by atoms with Crippen LogP contribution in [0.15, 0.2) is 101 Å².